The summed E-state index contributed by atoms with van der Waals surface area (Å²) in [5, 5.41) is 20.0. The highest BCUT2D eigenvalue weighted by Crippen LogP contribution is 2.28. The molecule has 1 unspecified atom stereocenters. The maximum atomic E-state index is 14.1. The van der Waals surface area contributed by atoms with E-state index in [0.29, 0.717) is 0 Å². The van der Waals surface area contributed by atoms with Gasteiger partial charge in [-0.05, 0) is 12.1 Å². The molecule has 1 aliphatic heterocycles. The second-order valence-electron chi connectivity index (χ2n) is 4.34. The Morgan fingerprint density at radius 3 is 2.65 bits per heavy atom. The summed E-state index contributed by atoms with van der Waals surface area (Å²) in [5.74, 6) is -2.03. The van der Waals surface area contributed by atoms with Crippen LogP contribution >= 0.6 is 0 Å². The number of nitrogens with zero attached hydrogens (tertiary/aromatic N) is 2. The fourth-order valence-electron chi connectivity index (χ4n) is 2.14. The quantitative estimate of drug-likeness (QED) is 0.789. The lowest BCUT2D eigenvalue weighted by atomic mass is 10.0. The van der Waals surface area contributed by atoms with Crippen molar-refractivity contribution in [2.24, 2.45) is 0 Å². The number of aliphatic hydroxyl groups excluding tert-OH is 1. The molecular weight excluding hydrogens is 266 g/mol. The van der Waals surface area contributed by atoms with Crippen LogP contribution in [0.4, 0.5) is 8.78 Å². The monoisotopic (exact) mass is 278 g/mol. The molecule has 1 atom stereocenters. The Labute approximate surface area is 113 Å². The molecule has 2 heterocycles. The predicted octanol–water partition coefficient (Wildman–Crippen LogP) is 1.17. The van der Waals surface area contributed by atoms with Crippen LogP contribution < -0.4 is 10.6 Å². The third-order valence-corrected chi connectivity index (χ3v) is 3.10. The van der Waals surface area contributed by atoms with E-state index in [1.54, 1.807) is 18.5 Å². The van der Waals surface area contributed by atoms with E-state index in [0.717, 1.165) is 6.07 Å². The molecule has 7 heteroatoms. The third kappa shape index (κ3) is 2.01. The van der Waals surface area contributed by atoms with Crippen LogP contribution in [0.1, 0.15) is 11.7 Å². The average Bonchev–Trinajstić information content (AvgIpc) is 3.13. The van der Waals surface area contributed by atoms with E-state index in [4.69, 9.17) is 0 Å². The second-order valence-corrected chi connectivity index (χ2v) is 4.34. The summed E-state index contributed by atoms with van der Waals surface area (Å²) in [5.41, 5.74) is 0.138. The zero-order valence-electron chi connectivity index (χ0n) is 10.3. The normalized spacial score (nSPS) is 15.9. The third-order valence-electron chi connectivity index (χ3n) is 3.10. The number of hydrogen-bond acceptors (Lipinski definition) is 4. The molecule has 1 aromatic carbocycles. The molecule has 0 bridgehead atoms. The number of benzene rings is 1. The molecule has 20 heavy (non-hydrogen) atoms. The summed E-state index contributed by atoms with van der Waals surface area (Å²) >= 11 is 0. The van der Waals surface area contributed by atoms with Crippen LogP contribution in [0.25, 0.3) is 5.69 Å². The van der Waals surface area contributed by atoms with Gasteiger partial charge in [0, 0.05) is 30.4 Å². The maximum absolute atomic E-state index is 14.1. The lowest BCUT2D eigenvalue weighted by molar-refractivity contribution is 0.129. The van der Waals surface area contributed by atoms with Crippen LogP contribution in [0.3, 0.4) is 0 Å². The number of hydrogen-bond donors (Lipinski definition) is 3. The molecule has 0 saturated carbocycles. The first-order valence-electron chi connectivity index (χ1n) is 6.01. The van der Waals surface area contributed by atoms with E-state index in [1.165, 1.54) is 23.1 Å². The molecule has 1 aliphatic rings. The van der Waals surface area contributed by atoms with Crippen molar-refractivity contribution in [2.45, 2.75) is 12.3 Å². The number of nitrogens with one attached hydrogen (secondary N) is 2. The van der Waals surface area contributed by atoms with Gasteiger partial charge < -0.3 is 15.7 Å². The molecule has 0 fully saturated rings. The molecule has 0 spiro atoms. The number of aliphatic hydroxyl groups is 1. The first-order valence-corrected chi connectivity index (χ1v) is 6.01. The van der Waals surface area contributed by atoms with Crippen molar-refractivity contribution in [3.05, 3.63) is 60.2 Å². The second kappa shape index (κ2) is 4.93. The van der Waals surface area contributed by atoms with Crippen molar-refractivity contribution in [1.82, 2.24) is 20.4 Å². The molecule has 0 aliphatic carbocycles. The minimum Gasteiger partial charge on any atom is -0.384 e. The standard InChI is InChI=1S/C13H12F2N4O/c14-9-3-2-8(12(20)13-16-5-6-17-13)11(10(9)15)19-7-1-4-18-19/h1-7,12-13,16-17,20H. The van der Waals surface area contributed by atoms with Gasteiger partial charge in [0.25, 0.3) is 0 Å². The Morgan fingerprint density at radius 1 is 1.25 bits per heavy atom. The van der Waals surface area contributed by atoms with Crippen molar-refractivity contribution < 1.29 is 13.9 Å². The van der Waals surface area contributed by atoms with Gasteiger partial charge in [-0.15, -0.1) is 0 Å². The van der Waals surface area contributed by atoms with Crippen molar-refractivity contribution in [2.75, 3.05) is 0 Å². The molecular formula is C13H12F2N4O. The fourth-order valence-corrected chi connectivity index (χ4v) is 2.14. The van der Waals surface area contributed by atoms with Gasteiger partial charge in [-0.2, -0.15) is 5.10 Å². The molecule has 0 saturated heterocycles. The largest absolute Gasteiger partial charge is 0.384 e. The Bertz CT molecular complexity index is 634. The topological polar surface area (TPSA) is 62.1 Å². The molecule has 104 valence electrons. The van der Waals surface area contributed by atoms with Gasteiger partial charge in [-0.25, -0.2) is 13.5 Å². The van der Waals surface area contributed by atoms with E-state index >= 15 is 0 Å². The minimum atomic E-state index is -1.07. The number of halogens is 2. The van der Waals surface area contributed by atoms with E-state index in [2.05, 4.69) is 15.7 Å². The van der Waals surface area contributed by atoms with Crippen molar-refractivity contribution in [1.29, 1.82) is 0 Å². The highest BCUT2D eigenvalue weighted by atomic mass is 19.2. The SMILES string of the molecule is OC(c1ccc(F)c(F)c1-n1cccn1)C1NC=CN1. The van der Waals surface area contributed by atoms with Gasteiger partial charge >= 0.3 is 0 Å². The number of aromatic nitrogens is 2. The van der Waals surface area contributed by atoms with Crippen LogP contribution in [-0.2, 0) is 0 Å². The molecule has 2 aromatic rings. The molecule has 3 rings (SSSR count). The number of rotatable bonds is 3. The summed E-state index contributed by atoms with van der Waals surface area (Å²) in [6.07, 6.45) is 4.62. The Balaban J connectivity index is 2.08. The molecule has 1 aromatic heterocycles. The molecule has 0 amide bonds. The van der Waals surface area contributed by atoms with E-state index in [9.17, 15) is 13.9 Å². The smallest absolute Gasteiger partial charge is 0.184 e. The van der Waals surface area contributed by atoms with Crippen molar-refractivity contribution in [3.63, 3.8) is 0 Å². The van der Waals surface area contributed by atoms with Gasteiger partial charge in [-0.3, -0.25) is 0 Å². The van der Waals surface area contributed by atoms with Crippen LogP contribution in [0.5, 0.6) is 0 Å². The van der Waals surface area contributed by atoms with Crippen molar-refractivity contribution in [3.8, 4) is 5.69 Å². The summed E-state index contributed by atoms with van der Waals surface area (Å²) in [6.45, 7) is 0. The van der Waals surface area contributed by atoms with E-state index in [-0.39, 0.29) is 11.3 Å². The zero-order chi connectivity index (χ0) is 14.1. The average molecular weight is 278 g/mol. The predicted molar refractivity (Wildman–Crippen MR) is 67.6 cm³/mol. The Morgan fingerprint density at radius 2 is 2.00 bits per heavy atom. The van der Waals surface area contributed by atoms with Crippen LogP contribution in [-0.4, -0.2) is 21.1 Å². The van der Waals surface area contributed by atoms with Gasteiger partial charge in [0.1, 0.15) is 18.0 Å². The highest BCUT2D eigenvalue weighted by Gasteiger charge is 2.27. The fraction of sp³-hybridized carbons (Fsp3) is 0.154. The summed E-state index contributed by atoms with van der Waals surface area (Å²) < 4.78 is 28.7. The first-order chi connectivity index (χ1) is 9.68. The lowest BCUT2D eigenvalue weighted by Gasteiger charge is -2.22. The zero-order valence-corrected chi connectivity index (χ0v) is 10.3. The Hall–Kier alpha value is -2.41. The molecule has 0 radical (unpaired) electrons. The Kier molecular flexibility index (Phi) is 3.11. The molecule has 5 nitrogen and oxygen atoms in total. The van der Waals surface area contributed by atoms with Crippen LogP contribution in [0, 0.1) is 11.6 Å². The summed E-state index contributed by atoms with van der Waals surface area (Å²) in [6, 6.07) is 3.93. The summed E-state index contributed by atoms with van der Waals surface area (Å²) in [4.78, 5) is 0. The van der Waals surface area contributed by atoms with E-state index in [1.807, 2.05) is 0 Å². The maximum Gasteiger partial charge on any atom is 0.184 e. The lowest BCUT2D eigenvalue weighted by Crippen LogP contribution is -2.37. The van der Waals surface area contributed by atoms with Crippen LogP contribution in [0.2, 0.25) is 0 Å². The van der Waals surface area contributed by atoms with Gasteiger partial charge in [0.2, 0.25) is 0 Å². The van der Waals surface area contributed by atoms with Gasteiger partial charge in [0.05, 0.1) is 0 Å². The first kappa shape index (κ1) is 12.6. The van der Waals surface area contributed by atoms with Gasteiger partial charge in [0.15, 0.2) is 11.6 Å². The van der Waals surface area contributed by atoms with Crippen molar-refractivity contribution >= 4 is 0 Å². The van der Waals surface area contributed by atoms with Crippen LogP contribution in [0.15, 0.2) is 43.0 Å². The minimum absolute atomic E-state index is 0.0991. The van der Waals surface area contributed by atoms with Gasteiger partial charge in [-0.1, -0.05) is 6.07 Å². The van der Waals surface area contributed by atoms with E-state index < -0.39 is 23.9 Å². The molecule has 3 N–H and O–H groups in total. The highest BCUT2D eigenvalue weighted by molar-refractivity contribution is 5.44. The summed E-state index contributed by atoms with van der Waals surface area (Å²) in [7, 11) is 0.